The number of benzene rings is 2. The number of nitrogens with two attached hydrogens (primary N) is 1. The van der Waals surface area contributed by atoms with Crippen LogP contribution in [0.25, 0.3) is 0 Å². The minimum absolute atomic E-state index is 0.173. The van der Waals surface area contributed by atoms with E-state index in [9.17, 15) is 5.11 Å². The average molecular weight is 243 g/mol. The van der Waals surface area contributed by atoms with Gasteiger partial charge in [-0.05, 0) is 30.2 Å². The fourth-order valence-corrected chi connectivity index (χ4v) is 1.85. The maximum absolute atomic E-state index is 9.33. The van der Waals surface area contributed by atoms with E-state index in [1.54, 1.807) is 24.3 Å². The quantitative estimate of drug-likeness (QED) is 0.868. The Labute approximate surface area is 107 Å². The highest BCUT2D eigenvalue weighted by molar-refractivity contribution is 5.32. The van der Waals surface area contributed by atoms with E-state index < -0.39 is 0 Å². The summed E-state index contributed by atoms with van der Waals surface area (Å²) in [4.78, 5) is 0. The third-order valence-corrected chi connectivity index (χ3v) is 2.84. The standard InChI is InChI=1S/C15H17NO2/c1-11-5-2-3-8-14(11)15(16)10-18-13-7-4-6-12(17)9-13/h2-9,15,17H,10,16H2,1H3. The first-order chi connectivity index (χ1) is 8.66. The highest BCUT2D eigenvalue weighted by Gasteiger charge is 2.09. The molecule has 0 bridgehead atoms. The van der Waals surface area contributed by atoms with E-state index in [0.717, 1.165) is 11.1 Å². The Hall–Kier alpha value is -2.00. The molecule has 0 saturated carbocycles. The van der Waals surface area contributed by atoms with Crippen LogP contribution in [0.4, 0.5) is 0 Å². The molecule has 0 aliphatic rings. The van der Waals surface area contributed by atoms with Crippen molar-refractivity contribution in [3.63, 3.8) is 0 Å². The van der Waals surface area contributed by atoms with Crippen molar-refractivity contribution in [2.45, 2.75) is 13.0 Å². The number of aromatic hydroxyl groups is 1. The molecule has 18 heavy (non-hydrogen) atoms. The van der Waals surface area contributed by atoms with Crippen LogP contribution in [0, 0.1) is 6.92 Å². The van der Waals surface area contributed by atoms with Crippen LogP contribution in [0.15, 0.2) is 48.5 Å². The van der Waals surface area contributed by atoms with Gasteiger partial charge in [-0.25, -0.2) is 0 Å². The Morgan fingerprint density at radius 2 is 1.94 bits per heavy atom. The summed E-state index contributed by atoms with van der Waals surface area (Å²) in [6.45, 7) is 2.41. The van der Waals surface area contributed by atoms with E-state index >= 15 is 0 Å². The molecular weight excluding hydrogens is 226 g/mol. The van der Waals surface area contributed by atoms with Crippen LogP contribution < -0.4 is 10.5 Å². The van der Waals surface area contributed by atoms with Crippen molar-refractivity contribution in [2.75, 3.05) is 6.61 Å². The SMILES string of the molecule is Cc1ccccc1C(N)COc1cccc(O)c1. The van der Waals surface area contributed by atoms with Gasteiger partial charge in [-0.3, -0.25) is 0 Å². The van der Waals surface area contributed by atoms with E-state index in [4.69, 9.17) is 10.5 Å². The lowest BCUT2D eigenvalue weighted by Gasteiger charge is -2.15. The normalized spacial score (nSPS) is 12.1. The Morgan fingerprint density at radius 3 is 2.67 bits per heavy atom. The molecule has 0 heterocycles. The monoisotopic (exact) mass is 243 g/mol. The van der Waals surface area contributed by atoms with E-state index in [-0.39, 0.29) is 11.8 Å². The fraction of sp³-hybridized carbons (Fsp3) is 0.200. The number of phenolic OH excluding ortho intramolecular Hbond substituents is 1. The lowest BCUT2D eigenvalue weighted by Crippen LogP contribution is -2.19. The molecule has 2 aromatic rings. The molecule has 2 aromatic carbocycles. The number of phenols is 1. The summed E-state index contributed by atoms with van der Waals surface area (Å²) in [5.41, 5.74) is 8.33. The molecule has 0 spiro atoms. The maximum atomic E-state index is 9.33. The zero-order valence-electron chi connectivity index (χ0n) is 10.3. The van der Waals surface area contributed by atoms with Gasteiger partial charge in [-0.1, -0.05) is 30.3 Å². The van der Waals surface area contributed by atoms with Gasteiger partial charge in [-0.15, -0.1) is 0 Å². The Balaban J connectivity index is 2.00. The second-order valence-corrected chi connectivity index (χ2v) is 4.27. The highest BCUT2D eigenvalue weighted by Crippen LogP contribution is 2.20. The Kier molecular flexibility index (Phi) is 3.85. The van der Waals surface area contributed by atoms with Crippen molar-refractivity contribution in [1.29, 1.82) is 0 Å². The number of hydrogen-bond donors (Lipinski definition) is 2. The first kappa shape index (κ1) is 12.5. The van der Waals surface area contributed by atoms with Crippen molar-refractivity contribution in [3.05, 3.63) is 59.7 Å². The van der Waals surface area contributed by atoms with Gasteiger partial charge >= 0.3 is 0 Å². The zero-order valence-corrected chi connectivity index (χ0v) is 10.3. The first-order valence-corrected chi connectivity index (χ1v) is 5.90. The van der Waals surface area contributed by atoms with E-state index in [0.29, 0.717) is 12.4 Å². The van der Waals surface area contributed by atoms with E-state index in [1.807, 2.05) is 31.2 Å². The van der Waals surface area contributed by atoms with Gasteiger partial charge in [0, 0.05) is 6.07 Å². The minimum Gasteiger partial charge on any atom is -0.508 e. The molecule has 0 fully saturated rings. The van der Waals surface area contributed by atoms with Gasteiger partial charge < -0.3 is 15.6 Å². The van der Waals surface area contributed by atoms with Gasteiger partial charge in [0.2, 0.25) is 0 Å². The largest absolute Gasteiger partial charge is 0.508 e. The minimum atomic E-state index is -0.173. The van der Waals surface area contributed by atoms with Crippen molar-refractivity contribution >= 4 is 0 Å². The van der Waals surface area contributed by atoms with Gasteiger partial charge in [0.15, 0.2) is 0 Å². The summed E-state index contributed by atoms with van der Waals surface area (Å²) < 4.78 is 5.57. The van der Waals surface area contributed by atoms with Crippen LogP contribution in [-0.2, 0) is 0 Å². The van der Waals surface area contributed by atoms with Crippen LogP contribution >= 0.6 is 0 Å². The van der Waals surface area contributed by atoms with Gasteiger partial charge in [0.25, 0.3) is 0 Å². The molecule has 0 saturated heterocycles. The summed E-state index contributed by atoms with van der Waals surface area (Å²) >= 11 is 0. The van der Waals surface area contributed by atoms with Crippen LogP contribution in [0.1, 0.15) is 17.2 Å². The molecule has 0 radical (unpaired) electrons. The number of ether oxygens (including phenoxy) is 1. The predicted octanol–water partition coefficient (Wildman–Crippen LogP) is 2.78. The predicted molar refractivity (Wildman–Crippen MR) is 71.7 cm³/mol. The lowest BCUT2D eigenvalue weighted by molar-refractivity contribution is 0.289. The van der Waals surface area contributed by atoms with Crippen LogP contribution in [0.5, 0.6) is 11.5 Å². The lowest BCUT2D eigenvalue weighted by atomic mass is 10.0. The summed E-state index contributed by atoms with van der Waals surface area (Å²) in [6.07, 6.45) is 0. The summed E-state index contributed by atoms with van der Waals surface area (Å²) in [7, 11) is 0. The molecular formula is C15H17NO2. The molecule has 0 aliphatic heterocycles. The topological polar surface area (TPSA) is 55.5 Å². The number of aryl methyl sites for hydroxylation is 1. The molecule has 3 heteroatoms. The molecule has 3 N–H and O–H groups in total. The molecule has 94 valence electrons. The van der Waals surface area contributed by atoms with Gasteiger partial charge in [0.05, 0.1) is 6.04 Å². The van der Waals surface area contributed by atoms with Crippen LogP contribution in [0.2, 0.25) is 0 Å². The molecule has 2 rings (SSSR count). The zero-order chi connectivity index (χ0) is 13.0. The fourth-order valence-electron chi connectivity index (χ4n) is 1.85. The molecule has 1 atom stereocenters. The van der Waals surface area contributed by atoms with Crippen LogP contribution in [-0.4, -0.2) is 11.7 Å². The summed E-state index contributed by atoms with van der Waals surface area (Å²) in [5, 5.41) is 9.33. The molecule has 0 aliphatic carbocycles. The third kappa shape index (κ3) is 3.02. The summed E-state index contributed by atoms with van der Waals surface area (Å²) in [5.74, 6) is 0.816. The molecule has 0 amide bonds. The number of rotatable bonds is 4. The van der Waals surface area contributed by atoms with Crippen molar-refractivity contribution in [1.82, 2.24) is 0 Å². The van der Waals surface area contributed by atoms with Gasteiger partial charge in [0.1, 0.15) is 18.1 Å². The second kappa shape index (κ2) is 5.56. The smallest absolute Gasteiger partial charge is 0.123 e. The van der Waals surface area contributed by atoms with E-state index in [2.05, 4.69) is 0 Å². The van der Waals surface area contributed by atoms with Crippen molar-refractivity contribution in [3.8, 4) is 11.5 Å². The van der Waals surface area contributed by atoms with Crippen LogP contribution in [0.3, 0.4) is 0 Å². The van der Waals surface area contributed by atoms with Crippen molar-refractivity contribution in [2.24, 2.45) is 5.73 Å². The summed E-state index contributed by atoms with van der Waals surface area (Å²) in [6, 6.07) is 14.5. The maximum Gasteiger partial charge on any atom is 0.123 e. The third-order valence-electron chi connectivity index (χ3n) is 2.84. The Morgan fingerprint density at radius 1 is 1.17 bits per heavy atom. The highest BCUT2D eigenvalue weighted by atomic mass is 16.5. The average Bonchev–Trinajstić information content (AvgIpc) is 2.37. The first-order valence-electron chi connectivity index (χ1n) is 5.90. The van der Waals surface area contributed by atoms with Crippen molar-refractivity contribution < 1.29 is 9.84 Å². The second-order valence-electron chi connectivity index (χ2n) is 4.27. The molecule has 1 unspecified atom stereocenters. The molecule has 0 aromatic heterocycles. The van der Waals surface area contributed by atoms with E-state index in [1.165, 1.54) is 0 Å². The number of hydrogen-bond acceptors (Lipinski definition) is 3. The molecule has 3 nitrogen and oxygen atoms in total. The Bertz CT molecular complexity index is 525. The van der Waals surface area contributed by atoms with Gasteiger partial charge in [-0.2, -0.15) is 0 Å².